The van der Waals surface area contributed by atoms with Gasteiger partial charge in [0.05, 0.1) is 4.92 Å². The van der Waals surface area contributed by atoms with Crippen LogP contribution >= 0.6 is 23.7 Å². The van der Waals surface area contributed by atoms with E-state index in [0.717, 1.165) is 25.2 Å². The zero-order chi connectivity index (χ0) is 12.3. The number of nitrogens with zero attached hydrogens (tertiary/aromatic N) is 2. The summed E-state index contributed by atoms with van der Waals surface area (Å²) in [5.41, 5.74) is 1.05. The lowest BCUT2D eigenvalue weighted by Crippen LogP contribution is -2.43. The minimum Gasteiger partial charge on any atom is -0.316 e. The molecule has 18 heavy (non-hydrogen) atoms. The van der Waals surface area contributed by atoms with E-state index in [2.05, 4.69) is 10.2 Å². The Labute approximate surface area is 117 Å². The van der Waals surface area contributed by atoms with Crippen LogP contribution in [0.1, 0.15) is 18.4 Å². The van der Waals surface area contributed by atoms with E-state index in [9.17, 15) is 10.1 Å². The Balaban J connectivity index is 0.00000162. The summed E-state index contributed by atoms with van der Waals surface area (Å²) in [7, 11) is 1.99. The van der Waals surface area contributed by atoms with Crippen molar-refractivity contribution in [2.24, 2.45) is 0 Å². The molecule has 0 aromatic carbocycles. The fourth-order valence-corrected chi connectivity index (χ4v) is 2.95. The van der Waals surface area contributed by atoms with Gasteiger partial charge in [-0.3, -0.25) is 15.0 Å². The van der Waals surface area contributed by atoms with Crippen LogP contribution in [-0.4, -0.2) is 36.0 Å². The number of rotatable bonds is 4. The van der Waals surface area contributed by atoms with Crippen LogP contribution in [0.2, 0.25) is 0 Å². The van der Waals surface area contributed by atoms with E-state index >= 15 is 0 Å². The maximum atomic E-state index is 10.6. The van der Waals surface area contributed by atoms with Gasteiger partial charge in [-0.2, -0.15) is 0 Å². The molecule has 0 aliphatic carbocycles. The van der Waals surface area contributed by atoms with Crippen molar-refractivity contribution in [3.05, 3.63) is 27.1 Å². The Hall–Kier alpha value is -0.690. The second kappa shape index (κ2) is 7.04. The van der Waals surface area contributed by atoms with Crippen LogP contribution in [-0.2, 0) is 6.54 Å². The zero-order valence-electron chi connectivity index (χ0n) is 10.3. The van der Waals surface area contributed by atoms with E-state index < -0.39 is 0 Å². The largest absolute Gasteiger partial charge is 0.324 e. The summed E-state index contributed by atoms with van der Waals surface area (Å²) in [6.07, 6.45) is 2.41. The van der Waals surface area contributed by atoms with E-state index in [0.29, 0.717) is 6.04 Å². The third-order valence-electron chi connectivity index (χ3n) is 3.14. The fourth-order valence-electron chi connectivity index (χ4n) is 2.23. The van der Waals surface area contributed by atoms with Gasteiger partial charge in [-0.1, -0.05) is 11.3 Å². The van der Waals surface area contributed by atoms with Crippen LogP contribution in [0.15, 0.2) is 11.4 Å². The van der Waals surface area contributed by atoms with Gasteiger partial charge in [-0.25, -0.2) is 0 Å². The summed E-state index contributed by atoms with van der Waals surface area (Å²) in [6.45, 7) is 2.94. The molecule has 0 saturated carbocycles. The van der Waals surface area contributed by atoms with E-state index in [4.69, 9.17) is 0 Å². The molecule has 1 aliphatic heterocycles. The molecule has 0 radical (unpaired) electrons. The summed E-state index contributed by atoms with van der Waals surface area (Å²) in [5, 5.41) is 16.0. The zero-order valence-corrected chi connectivity index (χ0v) is 11.9. The van der Waals surface area contributed by atoms with Gasteiger partial charge in [0.15, 0.2) is 0 Å². The van der Waals surface area contributed by atoms with Crippen molar-refractivity contribution in [2.75, 3.05) is 20.1 Å². The predicted octanol–water partition coefficient (Wildman–Crippen LogP) is 2.26. The van der Waals surface area contributed by atoms with Crippen molar-refractivity contribution in [3.63, 3.8) is 0 Å². The van der Waals surface area contributed by atoms with Crippen LogP contribution in [0.5, 0.6) is 0 Å². The standard InChI is InChI=1S/C11H17N3O2S.ClH/c1-12-10-3-2-4-13(7-10)6-9-5-11(14(15)16)17-8-9;/h5,8,10,12H,2-4,6-7H2,1H3;1H. The first-order chi connectivity index (χ1) is 8.19. The van der Waals surface area contributed by atoms with Gasteiger partial charge in [0.2, 0.25) is 0 Å². The fraction of sp³-hybridized carbons (Fsp3) is 0.636. The summed E-state index contributed by atoms with van der Waals surface area (Å²) in [4.78, 5) is 12.6. The predicted molar refractivity (Wildman–Crippen MR) is 75.6 cm³/mol. The molecule has 2 heterocycles. The third-order valence-corrected chi connectivity index (χ3v) is 4.07. The molecule has 1 N–H and O–H groups in total. The molecule has 2 rings (SSSR count). The van der Waals surface area contributed by atoms with E-state index in [1.54, 1.807) is 6.07 Å². The Morgan fingerprint density at radius 1 is 1.67 bits per heavy atom. The number of piperidine rings is 1. The number of likely N-dealkylation sites (N-methyl/N-ethyl adjacent to an activating group) is 1. The molecule has 5 nitrogen and oxygen atoms in total. The first-order valence-corrected chi connectivity index (χ1v) is 6.68. The van der Waals surface area contributed by atoms with Crippen molar-refractivity contribution < 1.29 is 4.92 Å². The number of hydrogen-bond acceptors (Lipinski definition) is 5. The number of nitrogens with one attached hydrogen (secondary N) is 1. The minimum atomic E-state index is -0.319. The highest BCUT2D eigenvalue weighted by Crippen LogP contribution is 2.24. The van der Waals surface area contributed by atoms with Crippen molar-refractivity contribution >= 4 is 28.7 Å². The lowest BCUT2D eigenvalue weighted by atomic mass is 10.1. The van der Waals surface area contributed by atoms with Gasteiger partial charge in [0, 0.05) is 30.6 Å². The third kappa shape index (κ3) is 3.91. The topological polar surface area (TPSA) is 58.4 Å². The van der Waals surface area contributed by atoms with E-state index in [-0.39, 0.29) is 22.3 Å². The average molecular weight is 292 g/mol. The van der Waals surface area contributed by atoms with Crippen molar-refractivity contribution in [1.82, 2.24) is 10.2 Å². The van der Waals surface area contributed by atoms with E-state index in [1.165, 1.54) is 24.2 Å². The molecule has 1 atom stereocenters. The SMILES string of the molecule is CNC1CCCN(Cc2csc([N+](=O)[O-])c2)C1.Cl. The highest BCUT2D eigenvalue weighted by atomic mass is 35.5. The van der Waals surface area contributed by atoms with Gasteiger partial charge in [0.1, 0.15) is 0 Å². The molecular weight excluding hydrogens is 274 g/mol. The quantitative estimate of drug-likeness (QED) is 0.683. The Morgan fingerprint density at radius 2 is 2.44 bits per heavy atom. The first kappa shape index (κ1) is 15.4. The van der Waals surface area contributed by atoms with Gasteiger partial charge < -0.3 is 5.32 Å². The van der Waals surface area contributed by atoms with Gasteiger partial charge in [-0.15, -0.1) is 12.4 Å². The van der Waals surface area contributed by atoms with E-state index in [1.807, 2.05) is 12.4 Å². The highest BCUT2D eigenvalue weighted by Gasteiger charge is 2.19. The molecule has 102 valence electrons. The second-order valence-electron chi connectivity index (χ2n) is 4.41. The molecule has 1 aliphatic rings. The highest BCUT2D eigenvalue weighted by molar-refractivity contribution is 7.13. The lowest BCUT2D eigenvalue weighted by molar-refractivity contribution is -0.380. The Bertz CT molecular complexity index is 399. The van der Waals surface area contributed by atoms with Crippen molar-refractivity contribution in [1.29, 1.82) is 0 Å². The maximum Gasteiger partial charge on any atom is 0.324 e. The van der Waals surface area contributed by atoms with Crippen molar-refractivity contribution in [2.45, 2.75) is 25.4 Å². The van der Waals surface area contributed by atoms with Crippen LogP contribution < -0.4 is 5.32 Å². The molecular formula is C11H18ClN3O2S. The van der Waals surface area contributed by atoms with Gasteiger partial charge in [0.25, 0.3) is 0 Å². The maximum absolute atomic E-state index is 10.6. The van der Waals surface area contributed by atoms with Crippen molar-refractivity contribution in [3.8, 4) is 0 Å². The van der Waals surface area contributed by atoms with Crippen LogP contribution in [0.4, 0.5) is 5.00 Å². The summed E-state index contributed by atoms with van der Waals surface area (Å²) in [5.74, 6) is 0. The summed E-state index contributed by atoms with van der Waals surface area (Å²) >= 11 is 1.21. The van der Waals surface area contributed by atoms with Crippen LogP contribution in [0, 0.1) is 10.1 Å². The summed E-state index contributed by atoms with van der Waals surface area (Å²) in [6, 6.07) is 2.24. The molecule has 0 bridgehead atoms. The molecule has 1 saturated heterocycles. The minimum absolute atomic E-state index is 0. The normalized spacial score (nSPS) is 20.4. The monoisotopic (exact) mass is 291 g/mol. The number of thiophene rings is 1. The Kier molecular flexibility index (Phi) is 6.01. The molecule has 7 heteroatoms. The molecule has 1 aromatic heterocycles. The lowest BCUT2D eigenvalue weighted by Gasteiger charge is -2.32. The first-order valence-electron chi connectivity index (χ1n) is 5.80. The second-order valence-corrected chi connectivity index (χ2v) is 5.30. The molecule has 1 fully saturated rings. The number of nitro groups is 1. The van der Waals surface area contributed by atoms with Crippen LogP contribution in [0.25, 0.3) is 0 Å². The smallest absolute Gasteiger partial charge is 0.316 e. The molecule has 0 spiro atoms. The number of hydrogen-bond donors (Lipinski definition) is 1. The number of likely N-dealkylation sites (tertiary alicyclic amines) is 1. The molecule has 1 unspecified atom stereocenters. The summed E-state index contributed by atoms with van der Waals surface area (Å²) < 4.78 is 0. The number of halogens is 1. The van der Waals surface area contributed by atoms with Gasteiger partial charge in [-0.05, 0) is 32.0 Å². The van der Waals surface area contributed by atoms with Crippen LogP contribution in [0.3, 0.4) is 0 Å². The molecule has 1 aromatic rings. The molecule has 0 amide bonds. The average Bonchev–Trinajstić information content (AvgIpc) is 2.78. The van der Waals surface area contributed by atoms with Gasteiger partial charge >= 0.3 is 5.00 Å². The Morgan fingerprint density at radius 3 is 3.06 bits per heavy atom.